The summed E-state index contributed by atoms with van der Waals surface area (Å²) in [4.78, 5) is 13.4. The van der Waals surface area contributed by atoms with Crippen LogP contribution < -0.4 is 5.32 Å². The Morgan fingerprint density at radius 1 is 1.26 bits per heavy atom. The quantitative estimate of drug-likeness (QED) is 0.909. The van der Waals surface area contributed by atoms with Gasteiger partial charge in [-0.3, -0.25) is 10.1 Å². The molecule has 1 N–H and O–H groups in total. The molecule has 2 rings (SSSR count). The Morgan fingerprint density at radius 2 is 1.89 bits per heavy atom. The number of nitrogens with one attached hydrogen (secondary N) is 1. The summed E-state index contributed by atoms with van der Waals surface area (Å²) >= 11 is 0. The van der Waals surface area contributed by atoms with Crippen LogP contribution in [0.2, 0.25) is 0 Å². The summed E-state index contributed by atoms with van der Waals surface area (Å²) in [6.45, 7) is 3.28. The van der Waals surface area contributed by atoms with Crippen LogP contribution in [0.4, 0.5) is 8.78 Å². The molecule has 1 amide bonds. The van der Waals surface area contributed by atoms with Crippen molar-refractivity contribution in [2.45, 2.75) is 32.5 Å². The van der Waals surface area contributed by atoms with Crippen molar-refractivity contribution >= 4 is 5.91 Å². The second kappa shape index (κ2) is 5.65. The van der Waals surface area contributed by atoms with Crippen molar-refractivity contribution in [1.82, 2.24) is 10.2 Å². The van der Waals surface area contributed by atoms with E-state index in [2.05, 4.69) is 5.32 Å². The van der Waals surface area contributed by atoms with Crippen molar-refractivity contribution in [3.05, 3.63) is 35.9 Å². The van der Waals surface area contributed by atoms with Gasteiger partial charge in [0.05, 0.1) is 12.6 Å². The lowest BCUT2D eigenvalue weighted by atomic mass is 10.1. The topological polar surface area (TPSA) is 32.3 Å². The molecule has 0 radical (unpaired) electrons. The number of hydrogen-bond acceptors (Lipinski definition) is 2. The molecule has 0 aromatic heterocycles. The third kappa shape index (κ3) is 2.92. The third-order valence-electron chi connectivity index (χ3n) is 3.31. The molecule has 2 atom stereocenters. The summed E-state index contributed by atoms with van der Waals surface area (Å²) in [6, 6.07) is 8.81. The predicted octanol–water partition coefficient (Wildman–Crippen LogP) is 2.41. The molecule has 5 heteroatoms. The van der Waals surface area contributed by atoms with Crippen molar-refractivity contribution < 1.29 is 13.6 Å². The minimum Gasteiger partial charge on any atom is -0.316 e. The maximum Gasteiger partial charge on any atom is 0.255 e. The van der Waals surface area contributed by atoms with E-state index >= 15 is 0 Å². The normalized spacial score (nSPS) is 23.7. The molecule has 1 aliphatic rings. The molecule has 104 valence electrons. The molecular weight excluding hydrogens is 250 g/mol. The fourth-order valence-electron chi connectivity index (χ4n) is 2.37. The molecule has 2 unspecified atom stereocenters. The number of carbonyl (C=O) groups is 1. The molecule has 0 spiro atoms. The minimum atomic E-state index is -2.53. The van der Waals surface area contributed by atoms with Gasteiger partial charge >= 0.3 is 0 Å². The van der Waals surface area contributed by atoms with Gasteiger partial charge in [-0.05, 0) is 11.5 Å². The molecule has 0 bridgehead atoms. The Bertz CT molecular complexity index is 436. The highest BCUT2D eigenvalue weighted by Crippen LogP contribution is 2.28. The summed E-state index contributed by atoms with van der Waals surface area (Å²) < 4.78 is 25.3. The molecule has 0 aliphatic carbocycles. The van der Waals surface area contributed by atoms with Gasteiger partial charge in [0, 0.05) is 0 Å². The van der Waals surface area contributed by atoms with Crippen molar-refractivity contribution in [2.24, 2.45) is 5.92 Å². The molecule has 1 saturated heterocycles. The van der Waals surface area contributed by atoms with Crippen LogP contribution in [0.3, 0.4) is 0 Å². The highest BCUT2D eigenvalue weighted by atomic mass is 19.3. The van der Waals surface area contributed by atoms with E-state index in [1.807, 2.05) is 44.2 Å². The lowest BCUT2D eigenvalue weighted by Gasteiger charge is -2.24. The number of hydrogen-bond donors (Lipinski definition) is 1. The molecular formula is C14H18F2N2O. The number of alkyl halides is 2. The van der Waals surface area contributed by atoms with Gasteiger partial charge in [0.1, 0.15) is 6.17 Å². The van der Waals surface area contributed by atoms with Crippen molar-refractivity contribution in [1.29, 1.82) is 0 Å². The predicted molar refractivity (Wildman–Crippen MR) is 68.7 cm³/mol. The van der Waals surface area contributed by atoms with Crippen LogP contribution >= 0.6 is 0 Å². The average Bonchev–Trinajstić information content (AvgIpc) is 2.68. The summed E-state index contributed by atoms with van der Waals surface area (Å²) in [6.07, 6.45) is -2.99. The Labute approximate surface area is 111 Å². The minimum absolute atomic E-state index is 0.0707. The first-order valence-corrected chi connectivity index (χ1v) is 6.40. The largest absolute Gasteiger partial charge is 0.316 e. The lowest BCUT2D eigenvalue weighted by Crippen LogP contribution is -2.36. The van der Waals surface area contributed by atoms with E-state index in [9.17, 15) is 13.6 Å². The zero-order chi connectivity index (χ0) is 14.0. The van der Waals surface area contributed by atoms with E-state index in [1.165, 1.54) is 4.90 Å². The number of nitrogens with zero attached hydrogens (tertiary/aromatic N) is 1. The SMILES string of the molecule is CC(C)C1NC(c2ccccc2)N(CC(F)F)C1=O. The highest BCUT2D eigenvalue weighted by molar-refractivity contribution is 5.84. The average molecular weight is 268 g/mol. The standard InChI is InChI=1S/C14H18F2N2O/c1-9(2)12-14(19)18(8-11(15)16)13(17-12)10-6-4-3-5-7-10/h3-7,9,11-13,17H,8H2,1-2H3. The van der Waals surface area contributed by atoms with Crippen molar-refractivity contribution in [3.63, 3.8) is 0 Å². The van der Waals surface area contributed by atoms with Gasteiger partial charge in [0.2, 0.25) is 5.91 Å². The Balaban J connectivity index is 2.27. The molecule has 1 aromatic rings. The van der Waals surface area contributed by atoms with Gasteiger partial charge in [0.15, 0.2) is 0 Å². The summed E-state index contributed by atoms with van der Waals surface area (Å²) in [7, 11) is 0. The van der Waals surface area contributed by atoms with E-state index in [0.29, 0.717) is 0 Å². The first-order valence-electron chi connectivity index (χ1n) is 6.40. The van der Waals surface area contributed by atoms with Gasteiger partial charge in [-0.2, -0.15) is 0 Å². The molecule has 3 nitrogen and oxygen atoms in total. The van der Waals surface area contributed by atoms with Crippen molar-refractivity contribution in [2.75, 3.05) is 6.54 Å². The number of benzene rings is 1. The molecule has 1 aliphatic heterocycles. The third-order valence-corrected chi connectivity index (χ3v) is 3.31. The van der Waals surface area contributed by atoms with Crippen LogP contribution in [0.5, 0.6) is 0 Å². The summed E-state index contributed by atoms with van der Waals surface area (Å²) in [5.74, 6) is -0.175. The van der Waals surface area contributed by atoms with Crippen LogP contribution in [-0.2, 0) is 4.79 Å². The molecule has 0 saturated carbocycles. The Morgan fingerprint density at radius 3 is 2.42 bits per heavy atom. The van der Waals surface area contributed by atoms with Gasteiger partial charge in [-0.1, -0.05) is 44.2 Å². The number of amides is 1. The fourth-order valence-corrected chi connectivity index (χ4v) is 2.37. The molecule has 1 fully saturated rings. The number of carbonyl (C=O) groups excluding carboxylic acids is 1. The van der Waals surface area contributed by atoms with Crippen LogP contribution in [-0.4, -0.2) is 29.8 Å². The zero-order valence-corrected chi connectivity index (χ0v) is 11.0. The van der Waals surface area contributed by atoms with Crippen LogP contribution in [0.15, 0.2) is 30.3 Å². The molecule has 1 aromatic carbocycles. The van der Waals surface area contributed by atoms with E-state index in [0.717, 1.165) is 5.56 Å². The van der Waals surface area contributed by atoms with E-state index in [4.69, 9.17) is 0 Å². The second-order valence-corrected chi connectivity index (χ2v) is 5.08. The summed E-state index contributed by atoms with van der Waals surface area (Å²) in [5, 5.41) is 3.15. The van der Waals surface area contributed by atoms with Gasteiger partial charge in [-0.15, -0.1) is 0 Å². The van der Waals surface area contributed by atoms with Gasteiger partial charge < -0.3 is 4.90 Å². The van der Waals surface area contributed by atoms with Crippen molar-refractivity contribution in [3.8, 4) is 0 Å². The Kier molecular flexibility index (Phi) is 4.14. The van der Waals surface area contributed by atoms with E-state index < -0.39 is 25.2 Å². The summed E-state index contributed by atoms with van der Waals surface area (Å²) in [5.41, 5.74) is 0.833. The monoisotopic (exact) mass is 268 g/mol. The van der Waals surface area contributed by atoms with Crippen LogP contribution in [0.25, 0.3) is 0 Å². The van der Waals surface area contributed by atoms with Crippen LogP contribution in [0.1, 0.15) is 25.6 Å². The smallest absolute Gasteiger partial charge is 0.255 e. The van der Waals surface area contributed by atoms with Gasteiger partial charge in [-0.25, -0.2) is 8.78 Å². The van der Waals surface area contributed by atoms with Crippen LogP contribution in [0, 0.1) is 5.92 Å². The molecule has 1 heterocycles. The van der Waals surface area contributed by atoms with E-state index in [1.54, 1.807) is 0 Å². The number of rotatable bonds is 4. The molecule has 19 heavy (non-hydrogen) atoms. The number of halogens is 2. The Hall–Kier alpha value is -1.49. The zero-order valence-electron chi connectivity index (χ0n) is 11.0. The lowest BCUT2D eigenvalue weighted by molar-refractivity contribution is -0.132. The van der Waals surface area contributed by atoms with Gasteiger partial charge in [0.25, 0.3) is 6.43 Å². The first-order chi connectivity index (χ1) is 9.00. The first kappa shape index (κ1) is 13.9. The fraction of sp³-hybridized carbons (Fsp3) is 0.500. The maximum absolute atomic E-state index is 12.7. The maximum atomic E-state index is 12.7. The highest BCUT2D eigenvalue weighted by Gasteiger charge is 2.41. The van der Waals surface area contributed by atoms with E-state index in [-0.39, 0.29) is 11.8 Å². The second-order valence-electron chi connectivity index (χ2n) is 5.08.